The van der Waals surface area contributed by atoms with Crippen LogP contribution in [0.5, 0.6) is 0 Å². The molecule has 0 unspecified atom stereocenters. The van der Waals surface area contributed by atoms with E-state index in [1.807, 2.05) is 30.3 Å². The molecule has 0 aliphatic carbocycles. The van der Waals surface area contributed by atoms with Gasteiger partial charge in [-0.1, -0.05) is 18.2 Å². The molecule has 0 aliphatic rings. The molecule has 6 aromatic rings. The number of halogens is 1. The van der Waals surface area contributed by atoms with Gasteiger partial charge < -0.3 is 4.98 Å². The Morgan fingerprint density at radius 2 is 1.77 bits per heavy atom. The highest BCUT2D eigenvalue weighted by Gasteiger charge is 2.17. The van der Waals surface area contributed by atoms with E-state index < -0.39 is 0 Å². The third-order valence-electron chi connectivity index (χ3n) is 5.22. The summed E-state index contributed by atoms with van der Waals surface area (Å²) in [5.74, 6) is -0.278. The molecule has 8 heteroatoms. The SMILES string of the molecule is Fc1ccccc1-c1ccnc2[nH]c(-c3n[nH]c4ccc(-c5cncnc5)nc34)cc12. The number of hydrogen-bond donors (Lipinski definition) is 2. The molecule has 148 valence electrons. The summed E-state index contributed by atoms with van der Waals surface area (Å²) in [6.45, 7) is 0. The summed E-state index contributed by atoms with van der Waals surface area (Å²) < 4.78 is 14.4. The van der Waals surface area contributed by atoms with Crippen molar-refractivity contribution in [1.82, 2.24) is 35.1 Å². The van der Waals surface area contributed by atoms with Crippen LogP contribution in [0.4, 0.5) is 4.39 Å². The third-order valence-corrected chi connectivity index (χ3v) is 5.22. The summed E-state index contributed by atoms with van der Waals surface area (Å²) in [4.78, 5) is 20.6. The van der Waals surface area contributed by atoms with E-state index in [9.17, 15) is 4.39 Å². The van der Waals surface area contributed by atoms with E-state index in [1.165, 1.54) is 12.4 Å². The second kappa shape index (κ2) is 6.81. The van der Waals surface area contributed by atoms with Crippen LogP contribution in [0, 0.1) is 5.82 Å². The van der Waals surface area contributed by atoms with Gasteiger partial charge in [0.2, 0.25) is 0 Å². The van der Waals surface area contributed by atoms with Crippen LogP contribution in [-0.2, 0) is 0 Å². The molecular formula is C23H14FN7. The highest BCUT2D eigenvalue weighted by Crippen LogP contribution is 2.34. The first kappa shape index (κ1) is 17.4. The van der Waals surface area contributed by atoms with Crippen LogP contribution in [0.1, 0.15) is 0 Å². The summed E-state index contributed by atoms with van der Waals surface area (Å²) >= 11 is 0. The monoisotopic (exact) mass is 407 g/mol. The van der Waals surface area contributed by atoms with Crippen LogP contribution in [0.3, 0.4) is 0 Å². The maximum absolute atomic E-state index is 14.4. The maximum atomic E-state index is 14.4. The van der Waals surface area contributed by atoms with Crippen LogP contribution in [-0.4, -0.2) is 35.1 Å². The molecule has 0 saturated heterocycles. The highest BCUT2D eigenvalue weighted by atomic mass is 19.1. The molecule has 0 aliphatic heterocycles. The maximum Gasteiger partial charge on any atom is 0.138 e. The van der Waals surface area contributed by atoms with Crippen molar-refractivity contribution in [2.24, 2.45) is 0 Å². The number of fused-ring (bicyclic) bond motifs is 2. The molecule has 0 fully saturated rings. The fourth-order valence-electron chi connectivity index (χ4n) is 3.75. The van der Waals surface area contributed by atoms with Crippen LogP contribution >= 0.6 is 0 Å². The second-order valence-electron chi connectivity index (χ2n) is 7.08. The molecule has 0 atom stereocenters. The first-order chi connectivity index (χ1) is 15.3. The Bertz CT molecular complexity index is 1550. The normalized spacial score (nSPS) is 11.4. The van der Waals surface area contributed by atoms with Gasteiger partial charge in [0.25, 0.3) is 0 Å². The van der Waals surface area contributed by atoms with Gasteiger partial charge in [-0.15, -0.1) is 0 Å². The average molecular weight is 407 g/mol. The predicted molar refractivity (Wildman–Crippen MR) is 115 cm³/mol. The van der Waals surface area contributed by atoms with E-state index in [4.69, 9.17) is 4.98 Å². The molecule has 0 amide bonds. The largest absolute Gasteiger partial charge is 0.338 e. The van der Waals surface area contributed by atoms with E-state index in [1.54, 1.807) is 30.7 Å². The number of nitrogens with one attached hydrogen (secondary N) is 2. The smallest absolute Gasteiger partial charge is 0.138 e. The summed E-state index contributed by atoms with van der Waals surface area (Å²) in [5, 5.41) is 8.30. The van der Waals surface area contributed by atoms with E-state index in [-0.39, 0.29) is 5.82 Å². The first-order valence-corrected chi connectivity index (χ1v) is 9.61. The standard InChI is InChI=1S/C23H14FN7/c24-17-4-2-1-3-15(17)14-7-8-27-23-16(14)9-20(29-23)22-21-19(30-31-22)6-5-18(28-21)13-10-25-12-26-11-13/h1-12H,(H,27,29)(H,30,31). The number of H-pyrrole nitrogens is 2. The summed E-state index contributed by atoms with van der Waals surface area (Å²) in [6.07, 6.45) is 6.58. The lowest BCUT2D eigenvalue weighted by Gasteiger charge is -2.04. The fraction of sp³-hybridized carbons (Fsp3) is 0. The molecule has 5 heterocycles. The highest BCUT2D eigenvalue weighted by molar-refractivity contribution is 5.99. The van der Waals surface area contributed by atoms with Gasteiger partial charge in [-0.05, 0) is 35.9 Å². The zero-order valence-electron chi connectivity index (χ0n) is 16.0. The van der Waals surface area contributed by atoms with Crippen molar-refractivity contribution in [2.45, 2.75) is 0 Å². The molecule has 0 radical (unpaired) electrons. The minimum absolute atomic E-state index is 0.278. The zero-order chi connectivity index (χ0) is 20.8. The van der Waals surface area contributed by atoms with Gasteiger partial charge in [-0.3, -0.25) is 5.10 Å². The van der Waals surface area contributed by atoms with Gasteiger partial charge in [0.1, 0.15) is 29.0 Å². The van der Waals surface area contributed by atoms with Gasteiger partial charge in [0.05, 0.1) is 16.9 Å². The molecule has 0 bridgehead atoms. The van der Waals surface area contributed by atoms with Crippen molar-refractivity contribution < 1.29 is 4.39 Å². The zero-order valence-corrected chi connectivity index (χ0v) is 16.0. The Hall–Kier alpha value is -4.46. The Kier molecular flexibility index (Phi) is 3.82. The van der Waals surface area contributed by atoms with Crippen LogP contribution < -0.4 is 0 Å². The van der Waals surface area contributed by atoms with Crippen LogP contribution in [0.2, 0.25) is 0 Å². The average Bonchev–Trinajstić information content (AvgIpc) is 3.43. The first-order valence-electron chi connectivity index (χ1n) is 9.61. The Balaban J connectivity index is 1.53. The predicted octanol–water partition coefficient (Wildman–Crippen LogP) is 4.76. The number of nitrogens with zero attached hydrogens (tertiary/aromatic N) is 5. The quantitative estimate of drug-likeness (QED) is 0.441. The molecule has 0 spiro atoms. The molecule has 1 aromatic carbocycles. The van der Waals surface area contributed by atoms with Crippen molar-refractivity contribution in [3.05, 3.63) is 79.3 Å². The molecule has 6 rings (SSSR count). The number of aromatic nitrogens is 7. The van der Waals surface area contributed by atoms with E-state index in [0.29, 0.717) is 22.4 Å². The number of hydrogen-bond acceptors (Lipinski definition) is 5. The van der Waals surface area contributed by atoms with Crippen molar-refractivity contribution in [2.75, 3.05) is 0 Å². The van der Waals surface area contributed by atoms with Gasteiger partial charge in [-0.25, -0.2) is 24.3 Å². The van der Waals surface area contributed by atoms with E-state index in [2.05, 4.69) is 30.1 Å². The topological polar surface area (TPSA) is 96.0 Å². The van der Waals surface area contributed by atoms with Crippen molar-refractivity contribution in [3.63, 3.8) is 0 Å². The van der Waals surface area contributed by atoms with Gasteiger partial charge in [0, 0.05) is 35.1 Å². The molecule has 7 nitrogen and oxygen atoms in total. The van der Waals surface area contributed by atoms with Gasteiger partial charge in [-0.2, -0.15) is 5.10 Å². The summed E-state index contributed by atoms with van der Waals surface area (Å²) in [6, 6.07) is 14.3. The summed E-state index contributed by atoms with van der Waals surface area (Å²) in [5.41, 5.74) is 6.42. The summed E-state index contributed by atoms with van der Waals surface area (Å²) in [7, 11) is 0. The van der Waals surface area contributed by atoms with Gasteiger partial charge in [0.15, 0.2) is 0 Å². The number of pyridine rings is 2. The number of rotatable bonds is 3. The van der Waals surface area contributed by atoms with E-state index >= 15 is 0 Å². The minimum Gasteiger partial charge on any atom is -0.338 e. The Morgan fingerprint density at radius 3 is 2.65 bits per heavy atom. The number of aromatic amines is 2. The number of benzene rings is 1. The molecule has 31 heavy (non-hydrogen) atoms. The Morgan fingerprint density at radius 1 is 0.903 bits per heavy atom. The minimum atomic E-state index is -0.278. The molecule has 5 aromatic heterocycles. The fourth-order valence-corrected chi connectivity index (χ4v) is 3.75. The molecule has 0 saturated carbocycles. The van der Waals surface area contributed by atoms with Crippen LogP contribution in [0.15, 0.2) is 73.4 Å². The second-order valence-corrected chi connectivity index (χ2v) is 7.08. The molecular weight excluding hydrogens is 393 g/mol. The molecule has 2 N–H and O–H groups in total. The third kappa shape index (κ3) is 2.84. The lowest BCUT2D eigenvalue weighted by Crippen LogP contribution is -1.87. The van der Waals surface area contributed by atoms with Crippen LogP contribution in [0.25, 0.3) is 55.8 Å². The van der Waals surface area contributed by atoms with Crippen molar-refractivity contribution in [1.29, 1.82) is 0 Å². The lowest BCUT2D eigenvalue weighted by molar-refractivity contribution is 0.631. The lowest BCUT2D eigenvalue weighted by atomic mass is 10.0. The van der Waals surface area contributed by atoms with Gasteiger partial charge >= 0.3 is 0 Å². The Labute approximate surface area is 175 Å². The van der Waals surface area contributed by atoms with E-state index in [0.717, 1.165) is 33.4 Å². The van der Waals surface area contributed by atoms with Crippen molar-refractivity contribution >= 4 is 22.1 Å². The van der Waals surface area contributed by atoms with Crippen molar-refractivity contribution in [3.8, 4) is 33.8 Å².